The van der Waals surface area contributed by atoms with Gasteiger partial charge in [0.05, 0.1) is 0 Å². The summed E-state index contributed by atoms with van der Waals surface area (Å²) in [6.45, 7) is 7.39. The Kier molecular flexibility index (Phi) is 7.59. The van der Waals surface area contributed by atoms with E-state index >= 15 is 0 Å². The van der Waals surface area contributed by atoms with Crippen LogP contribution in [0.3, 0.4) is 0 Å². The zero-order chi connectivity index (χ0) is 22.2. The van der Waals surface area contributed by atoms with Crippen LogP contribution in [-0.4, -0.2) is 35.2 Å². The lowest BCUT2D eigenvalue weighted by atomic mass is 10.0. The van der Waals surface area contributed by atoms with Crippen LogP contribution in [0.4, 0.5) is 10.5 Å². The van der Waals surface area contributed by atoms with Crippen molar-refractivity contribution in [3.63, 3.8) is 0 Å². The van der Waals surface area contributed by atoms with E-state index < -0.39 is 12.0 Å². The first-order valence-corrected chi connectivity index (χ1v) is 10.2. The number of nitrogens with zero attached hydrogens (tertiary/aromatic N) is 1. The third kappa shape index (κ3) is 6.04. The molecule has 0 bridgehead atoms. The van der Waals surface area contributed by atoms with Gasteiger partial charge in [0, 0.05) is 17.8 Å². The lowest BCUT2D eigenvalue weighted by Gasteiger charge is -2.18. The van der Waals surface area contributed by atoms with E-state index in [1.54, 1.807) is 17.6 Å². The molecule has 2 amide bonds. The average Bonchev–Trinajstić information content (AvgIpc) is 2.80. The Bertz CT molecular complexity index is 1050. The third-order valence-corrected chi connectivity index (χ3v) is 5.13. The lowest BCUT2D eigenvalue weighted by Crippen LogP contribution is -2.21. The summed E-state index contributed by atoms with van der Waals surface area (Å²) in [6.07, 6.45) is -0.588. The second kappa shape index (κ2) is 10.6. The molecule has 0 aromatic heterocycles. The van der Waals surface area contributed by atoms with Gasteiger partial charge in [0.25, 0.3) is 5.91 Å². The summed E-state index contributed by atoms with van der Waals surface area (Å²) in [4.78, 5) is 25.8. The van der Waals surface area contributed by atoms with Crippen molar-refractivity contribution >= 4 is 28.5 Å². The minimum Gasteiger partial charge on any atom is -0.444 e. The van der Waals surface area contributed by atoms with Crippen molar-refractivity contribution < 1.29 is 19.5 Å². The molecule has 0 aliphatic heterocycles. The first kappa shape index (κ1) is 22.3. The molecule has 0 saturated carbocycles. The van der Waals surface area contributed by atoms with E-state index in [9.17, 15) is 9.59 Å². The summed E-state index contributed by atoms with van der Waals surface area (Å²) in [7, 11) is 0. The van der Waals surface area contributed by atoms with Crippen molar-refractivity contribution in [2.75, 3.05) is 18.4 Å². The summed E-state index contributed by atoms with van der Waals surface area (Å²) in [6, 6.07) is 18.5. The molecule has 0 spiro atoms. The molecular formula is C24H27N3O4. The van der Waals surface area contributed by atoms with Crippen LogP contribution >= 0.6 is 0 Å². The van der Waals surface area contributed by atoms with Gasteiger partial charge in [-0.25, -0.2) is 10.3 Å². The van der Waals surface area contributed by atoms with E-state index in [-0.39, 0.29) is 12.2 Å². The largest absolute Gasteiger partial charge is 0.444 e. The van der Waals surface area contributed by atoms with Gasteiger partial charge in [-0.1, -0.05) is 38.1 Å². The molecule has 7 nitrogen and oxygen atoms in total. The van der Waals surface area contributed by atoms with Gasteiger partial charge in [-0.3, -0.25) is 20.2 Å². The van der Waals surface area contributed by atoms with Gasteiger partial charge in [0.15, 0.2) is 0 Å². The van der Waals surface area contributed by atoms with Gasteiger partial charge in [0.1, 0.15) is 6.61 Å². The molecule has 0 aliphatic carbocycles. The van der Waals surface area contributed by atoms with Crippen molar-refractivity contribution in [2.24, 2.45) is 0 Å². The van der Waals surface area contributed by atoms with Crippen LogP contribution in [0.1, 0.15) is 35.3 Å². The fraction of sp³-hybridized carbons (Fsp3) is 0.250. The molecule has 0 atom stereocenters. The smallest absolute Gasteiger partial charge is 0.411 e. The van der Waals surface area contributed by atoms with E-state index in [4.69, 9.17) is 9.94 Å². The maximum atomic E-state index is 12.1. The standard InChI is InChI=1S/C24H27N3O4/c1-3-27(4-2)15-17-5-7-19-8-6-18(14-21(19)13-17)16-31-24(29)25-22-11-9-20(10-12-22)23(28)26-30/h5-14,30H,3-4,15-16H2,1-2H3,(H,25,29)(H,26,28). The Morgan fingerprint density at radius 1 is 0.903 bits per heavy atom. The third-order valence-electron chi connectivity index (χ3n) is 5.13. The van der Waals surface area contributed by atoms with Crippen LogP contribution in [-0.2, 0) is 17.9 Å². The second-order valence-electron chi connectivity index (χ2n) is 7.20. The van der Waals surface area contributed by atoms with Crippen molar-refractivity contribution in [3.8, 4) is 0 Å². The Labute approximate surface area is 181 Å². The number of carbonyl (C=O) groups excluding carboxylic acids is 2. The highest BCUT2D eigenvalue weighted by molar-refractivity contribution is 5.94. The minimum atomic E-state index is -0.620. The molecule has 3 rings (SSSR count). The number of hydrogen-bond acceptors (Lipinski definition) is 5. The van der Waals surface area contributed by atoms with E-state index in [0.717, 1.165) is 36.0 Å². The molecule has 3 aromatic rings. The zero-order valence-corrected chi connectivity index (χ0v) is 17.7. The van der Waals surface area contributed by atoms with Gasteiger partial charge < -0.3 is 4.74 Å². The Balaban J connectivity index is 1.60. The first-order valence-electron chi connectivity index (χ1n) is 10.2. The second-order valence-corrected chi connectivity index (χ2v) is 7.20. The van der Waals surface area contributed by atoms with Crippen LogP contribution < -0.4 is 10.8 Å². The molecule has 3 N–H and O–H groups in total. The molecule has 162 valence electrons. The quantitative estimate of drug-likeness (QED) is 0.367. The molecular weight excluding hydrogens is 394 g/mol. The number of ether oxygens (including phenoxy) is 1. The summed E-state index contributed by atoms with van der Waals surface area (Å²) >= 11 is 0. The van der Waals surface area contributed by atoms with E-state index in [2.05, 4.69) is 42.3 Å². The number of benzene rings is 3. The summed E-state index contributed by atoms with van der Waals surface area (Å²) in [5.41, 5.74) is 4.47. The molecule has 0 heterocycles. The monoisotopic (exact) mass is 421 g/mol. The number of hydroxylamine groups is 1. The maximum Gasteiger partial charge on any atom is 0.411 e. The van der Waals surface area contributed by atoms with Gasteiger partial charge in [-0.2, -0.15) is 0 Å². The normalized spacial score (nSPS) is 10.8. The van der Waals surface area contributed by atoms with Crippen LogP contribution in [0.15, 0.2) is 60.7 Å². The highest BCUT2D eigenvalue weighted by Gasteiger charge is 2.08. The summed E-state index contributed by atoms with van der Waals surface area (Å²) in [5, 5.41) is 13.5. The van der Waals surface area contributed by atoms with Crippen LogP contribution in [0, 0.1) is 0 Å². The first-order chi connectivity index (χ1) is 15.0. The van der Waals surface area contributed by atoms with Gasteiger partial charge in [-0.05, 0) is 71.4 Å². The van der Waals surface area contributed by atoms with E-state index in [0.29, 0.717) is 5.69 Å². The summed E-state index contributed by atoms with van der Waals surface area (Å²) < 4.78 is 5.33. The summed E-state index contributed by atoms with van der Waals surface area (Å²) in [5.74, 6) is -0.620. The van der Waals surface area contributed by atoms with Crippen LogP contribution in [0.25, 0.3) is 10.8 Å². The number of amides is 2. The van der Waals surface area contributed by atoms with E-state index in [1.165, 1.54) is 17.7 Å². The molecule has 0 radical (unpaired) electrons. The van der Waals surface area contributed by atoms with Gasteiger partial charge in [0.2, 0.25) is 0 Å². The predicted molar refractivity (Wildman–Crippen MR) is 120 cm³/mol. The Morgan fingerprint density at radius 2 is 1.55 bits per heavy atom. The van der Waals surface area contributed by atoms with Crippen molar-refractivity contribution in [3.05, 3.63) is 77.4 Å². The molecule has 0 fully saturated rings. The van der Waals surface area contributed by atoms with Crippen molar-refractivity contribution in [1.82, 2.24) is 10.4 Å². The molecule has 31 heavy (non-hydrogen) atoms. The maximum absolute atomic E-state index is 12.1. The van der Waals surface area contributed by atoms with Crippen LogP contribution in [0.5, 0.6) is 0 Å². The lowest BCUT2D eigenvalue weighted by molar-refractivity contribution is 0.0706. The minimum absolute atomic E-state index is 0.146. The van der Waals surface area contributed by atoms with Crippen molar-refractivity contribution in [1.29, 1.82) is 0 Å². The number of fused-ring (bicyclic) bond motifs is 1. The Hall–Kier alpha value is -3.42. The average molecular weight is 421 g/mol. The highest BCUT2D eigenvalue weighted by atomic mass is 16.5. The Morgan fingerprint density at radius 3 is 2.19 bits per heavy atom. The topological polar surface area (TPSA) is 90.9 Å². The van der Waals surface area contributed by atoms with E-state index in [1.807, 2.05) is 18.2 Å². The molecule has 3 aromatic carbocycles. The molecule has 0 aliphatic rings. The SMILES string of the molecule is CCN(CC)Cc1ccc2ccc(COC(=O)Nc3ccc(C(=O)NO)cc3)cc2c1. The number of rotatable bonds is 8. The number of carbonyl (C=O) groups is 2. The number of anilines is 1. The van der Waals surface area contributed by atoms with Gasteiger partial charge >= 0.3 is 6.09 Å². The van der Waals surface area contributed by atoms with Gasteiger partial charge in [-0.15, -0.1) is 0 Å². The molecule has 0 unspecified atom stereocenters. The fourth-order valence-corrected chi connectivity index (χ4v) is 3.31. The highest BCUT2D eigenvalue weighted by Crippen LogP contribution is 2.20. The molecule has 7 heteroatoms. The number of hydrogen-bond donors (Lipinski definition) is 3. The zero-order valence-electron chi connectivity index (χ0n) is 17.7. The van der Waals surface area contributed by atoms with Crippen molar-refractivity contribution in [2.45, 2.75) is 27.0 Å². The fourth-order valence-electron chi connectivity index (χ4n) is 3.31. The number of nitrogens with one attached hydrogen (secondary N) is 2. The predicted octanol–water partition coefficient (Wildman–Crippen LogP) is 4.55. The molecule has 0 saturated heterocycles. The van der Waals surface area contributed by atoms with Crippen LogP contribution in [0.2, 0.25) is 0 Å².